The molecule has 1 aliphatic rings. The molecule has 0 spiro atoms. The first kappa shape index (κ1) is 26.6. The second-order valence-corrected chi connectivity index (χ2v) is 9.13. The van der Waals surface area contributed by atoms with Gasteiger partial charge in [0.2, 0.25) is 11.8 Å². The van der Waals surface area contributed by atoms with Gasteiger partial charge in [-0.2, -0.15) is 0 Å². The molecule has 1 fully saturated rings. The molecule has 8 nitrogen and oxygen atoms in total. The zero-order valence-corrected chi connectivity index (χ0v) is 21.6. The number of nitrogens with zero attached hydrogens (tertiary/aromatic N) is 3. The summed E-state index contributed by atoms with van der Waals surface area (Å²) in [4.78, 5) is 35.1. The van der Waals surface area contributed by atoms with Crippen molar-refractivity contribution in [2.24, 2.45) is 0 Å². The van der Waals surface area contributed by atoms with E-state index in [1.807, 2.05) is 30.3 Å². The minimum atomic E-state index is -0.854. The van der Waals surface area contributed by atoms with Crippen LogP contribution in [0.1, 0.15) is 22.8 Å². The number of carbonyl (C=O) groups is 2. The van der Waals surface area contributed by atoms with Gasteiger partial charge >= 0.3 is 0 Å². The lowest BCUT2D eigenvalue weighted by Gasteiger charge is -2.36. The van der Waals surface area contributed by atoms with Gasteiger partial charge in [0.1, 0.15) is 17.4 Å². The minimum Gasteiger partial charge on any atom is -0.438 e. The van der Waals surface area contributed by atoms with Crippen molar-refractivity contribution < 1.29 is 19.1 Å². The Balaban J connectivity index is 1.47. The van der Waals surface area contributed by atoms with Crippen molar-refractivity contribution >= 4 is 23.4 Å². The summed E-state index contributed by atoms with van der Waals surface area (Å²) in [6.07, 6.45) is 1.54. The highest BCUT2D eigenvalue weighted by atomic mass is 35.5. The van der Waals surface area contributed by atoms with Gasteiger partial charge in [0.25, 0.3) is 5.91 Å². The van der Waals surface area contributed by atoms with Gasteiger partial charge in [0.15, 0.2) is 0 Å². The van der Waals surface area contributed by atoms with Crippen LogP contribution in [0.4, 0.5) is 0 Å². The van der Waals surface area contributed by atoms with Gasteiger partial charge in [-0.15, -0.1) is 0 Å². The van der Waals surface area contributed by atoms with Gasteiger partial charge < -0.3 is 24.6 Å². The summed E-state index contributed by atoms with van der Waals surface area (Å²) in [5.74, 6) is -0.00723. The standard InChI is InChI=1S/C28H31ClN4O4/c1-2-32-15-17-33(18-16-32)28(35)25(20-36-19-21-7-4-3-5-8-21)31-26(34)24-9-6-14-30-27(24)37-23-12-10-22(29)11-13-23/h3-14,25H,2,15-20H2,1H3,(H,31,34)/t25-/m1/s1. The smallest absolute Gasteiger partial charge is 0.257 e. The molecule has 37 heavy (non-hydrogen) atoms. The van der Waals surface area contributed by atoms with Crippen LogP contribution in [0.3, 0.4) is 0 Å². The first-order valence-corrected chi connectivity index (χ1v) is 12.7. The first-order chi connectivity index (χ1) is 18.0. The third-order valence-electron chi connectivity index (χ3n) is 6.17. The van der Waals surface area contributed by atoms with E-state index >= 15 is 0 Å². The molecule has 0 unspecified atom stereocenters. The first-order valence-electron chi connectivity index (χ1n) is 12.4. The van der Waals surface area contributed by atoms with Crippen molar-refractivity contribution in [2.75, 3.05) is 39.3 Å². The van der Waals surface area contributed by atoms with Crippen LogP contribution in [0.15, 0.2) is 72.9 Å². The van der Waals surface area contributed by atoms with Crippen molar-refractivity contribution in [3.8, 4) is 11.6 Å². The molecule has 9 heteroatoms. The van der Waals surface area contributed by atoms with Crippen molar-refractivity contribution in [1.29, 1.82) is 0 Å². The predicted molar refractivity (Wildman–Crippen MR) is 142 cm³/mol. The Hall–Kier alpha value is -3.46. The van der Waals surface area contributed by atoms with Crippen molar-refractivity contribution in [3.63, 3.8) is 0 Å². The summed E-state index contributed by atoms with van der Waals surface area (Å²) >= 11 is 5.96. The summed E-state index contributed by atoms with van der Waals surface area (Å²) in [5.41, 5.74) is 1.21. The van der Waals surface area contributed by atoms with Gasteiger partial charge in [-0.25, -0.2) is 4.98 Å². The van der Waals surface area contributed by atoms with Gasteiger partial charge in [0, 0.05) is 37.4 Å². The number of nitrogens with one attached hydrogen (secondary N) is 1. The zero-order chi connectivity index (χ0) is 26.0. The van der Waals surface area contributed by atoms with Crippen molar-refractivity contribution in [3.05, 3.63) is 89.1 Å². The lowest BCUT2D eigenvalue weighted by atomic mass is 10.2. The van der Waals surface area contributed by atoms with Gasteiger partial charge in [-0.1, -0.05) is 48.9 Å². The van der Waals surface area contributed by atoms with E-state index in [0.717, 1.165) is 25.2 Å². The summed E-state index contributed by atoms with van der Waals surface area (Å²) in [7, 11) is 0. The van der Waals surface area contributed by atoms with Gasteiger partial charge in [0.05, 0.1) is 13.2 Å². The van der Waals surface area contributed by atoms with E-state index in [1.54, 1.807) is 47.5 Å². The zero-order valence-electron chi connectivity index (χ0n) is 20.8. The van der Waals surface area contributed by atoms with Crippen LogP contribution >= 0.6 is 11.6 Å². The van der Waals surface area contributed by atoms with Crippen LogP contribution in [0, 0.1) is 0 Å². The summed E-state index contributed by atoms with van der Waals surface area (Å²) in [6, 6.07) is 18.9. The monoisotopic (exact) mass is 522 g/mol. The molecule has 1 aliphatic heterocycles. The summed E-state index contributed by atoms with van der Waals surface area (Å²) in [5, 5.41) is 3.44. The Morgan fingerprint density at radius 1 is 1.00 bits per heavy atom. The number of halogens is 1. The van der Waals surface area contributed by atoms with Crippen LogP contribution in [0.25, 0.3) is 0 Å². The van der Waals surface area contributed by atoms with E-state index in [4.69, 9.17) is 21.1 Å². The van der Waals surface area contributed by atoms with Crippen molar-refractivity contribution in [2.45, 2.75) is 19.6 Å². The van der Waals surface area contributed by atoms with Crippen LogP contribution in [-0.2, 0) is 16.1 Å². The maximum Gasteiger partial charge on any atom is 0.257 e. The molecule has 0 radical (unpaired) electrons. The molecule has 4 rings (SSSR count). The third kappa shape index (κ3) is 7.52. The number of likely N-dealkylation sites (N-methyl/N-ethyl adjacent to an activating group) is 1. The Morgan fingerprint density at radius 3 is 2.43 bits per heavy atom. The molecule has 2 heterocycles. The molecule has 194 valence electrons. The topological polar surface area (TPSA) is 84.0 Å². The Morgan fingerprint density at radius 2 is 1.73 bits per heavy atom. The predicted octanol–water partition coefficient (Wildman–Crippen LogP) is 4.01. The van der Waals surface area contributed by atoms with E-state index in [9.17, 15) is 9.59 Å². The second kappa shape index (κ2) is 13.2. The molecule has 3 aromatic rings. The summed E-state index contributed by atoms with van der Waals surface area (Å²) in [6.45, 7) is 6.24. The number of amides is 2. The fraction of sp³-hybridized carbons (Fsp3) is 0.321. The molecule has 1 aromatic heterocycles. The molecular formula is C28H31ClN4O4. The largest absolute Gasteiger partial charge is 0.438 e. The minimum absolute atomic E-state index is 0.0428. The molecule has 1 saturated heterocycles. The Kier molecular flexibility index (Phi) is 9.48. The van der Waals surface area contributed by atoms with E-state index in [2.05, 4.69) is 22.1 Å². The lowest BCUT2D eigenvalue weighted by molar-refractivity contribution is -0.136. The average molecular weight is 523 g/mol. The molecule has 2 aromatic carbocycles. The number of rotatable bonds is 10. The van der Waals surface area contributed by atoms with E-state index < -0.39 is 11.9 Å². The highest BCUT2D eigenvalue weighted by Crippen LogP contribution is 2.24. The number of benzene rings is 2. The number of hydrogen-bond acceptors (Lipinski definition) is 6. The van der Waals surface area contributed by atoms with Gasteiger partial charge in [-0.3, -0.25) is 9.59 Å². The van der Waals surface area contributed by atoms with Crippen LogP contribution < -0.4 is 10.1 Å². The van der Waals surface area contributed by atoms with Crippen LogP contribution in [0.2, 0.25) is 5.02 Å². The fourth-order valence-electron chi connectivity index (χ4n) is 4.04. The number of hydrogen-bond donors (Lipinski definition) is 1. The SMILES string of the molecule is CCN1CCN(C(=O)[C@@H](COCc2ccccc2)NC(=O)c2cccnc2Oc2ccc(Cl)cc2)CC1. The highest BCUT2D eigenvalue weighted by molar-refractivity contribution is 6.30. The van der Waals surface area contributed by atoms with Crippen LogP contribution in [-0.4, -0.2) is 72.0 Å². The van der Waals surface area contributed by atoms with Crippen molar-refractivity contribution in [1.82, 2.24) is 20.1 Å². The molecule has 2 amide bonds. The number of carbonyl (C=O) groups excluding carboxylic acids is 2. The normalized spacial score (nSPS) is 14.7. The lowest BCUT2D eigenvalue weighted by Crippen LogP contribution is -2.56. The maximum atomic E-state index is 13.5. The number of piperazine rings is 1. The number of ether oxygens (including phenoxy) is 2. The molecule has 0 bridgehead atoms. The highest BCUT2D eigenvalue weighted by Gasteiger charge is 2.30. The summed E-state index contributed by atoms with van der Waals surface area (Å²) < 4.78 is 11.7. The number of aromatic nitrogens is 1. The molecule has 1 atom stereocenters. The molecule has 1 N–H and O–H groups in total. The van der Waals surface area contributed by atoms with Crippen LogP contribution in [0.5, 0.6) is 11.6 Å². The quantitative estimate of drug-likeness (QED) is 0.433. The Labute approximate surface area is 222 Å². The second-order valence-electron chi connectivity index (χ2n) is 8.70. The van der Waals surface area contributed by atoms with E-state index in [0.29, 0.717) is 30.5 Å². The third-order valence-corrected chi connectivity index (χ3v) is 6.43. The van der Waals surface area contributed by atoms with Gasteiger partial charge in [-0.05, 0) is 48.5 Å². The Bertz CT molecular complexity index is 1170. The fourth-order valence-corrected chi connectivity index (χ4v) is 4.17. The number of pyridine rings is 1. The van der Waals surface area contributed by atoms with E-state index in [1.165, 1.54) is 0 Å². The average Bonchev–Trinajstić information content (AvgIpc) is 2.94. The molecule has 0 saturated carbocycles. The molecular weight excluding hydrogens is 492 g/mol. The molecule has 0 aliphatic carbocycles. The maximum absolute atomic E-state index is 13.5. The van der Waals surface area contributed by atoms with E-state index in [-0.39, 0.29) is 24.0 Å².